The van der Waals surface area contributed by atoms with Gasteiger partial charge in [-0.1, -0.05) is 0 Å². The maximum Gasteiger partial charge on any atom is 0.225 e. The van der Waals surface area contributed by atoms with Crippen LogP contribution in [0.1, 0.15) is 24.1 Å². The number of fused-ring (bicyclic) bond motifs is 2. The largest absolute Gasteiger partial charge is 0.354 e. The molecule has 4 nitrogen and oxygen atoms in total. The Morgan fingerprint density at radius 3 is 3.00 bits per heavy atom. The Bertz CT molecular complexity index is 671. The summed E-state index contributed by atoms with van der Waals surface area (Å²) in [6.45, 7) is 6.72. The average Bonchev–Trinajstić information content (AvgIpc) is 2.98. The molecular formula is C15H19ClN4S. The maximum atomic E-state index is 6.15. The number of aryl methyl sites for hydroxylation is 1. The lowest BCUT2D eigenvalue weighted by atomic mass is 10.2. The molecule has 2 aromatic rings. The zero-order valence-corrected chi connectivity index (χ0v) is 13.8. The van der Waals surface area contributed by atoms with Crippen molar-refractivity contribution in [2.45, 2.75) is 32.2 Å². The second-order valence-corrected chi connectivity index (χ2v) is 7.60. The summed E-state index contributed by atoms with van der Waals surface area (Å²) in [5, 5.41) is 1.53. The second-order valence-electron chi connectivity index (χ2n) is 6.02. The van der Waals surface area contributed by atoms with E-state index in [9.17, 15) is 0 Å². The Hall–Kier alpha value is -0.910. The molecule has 0 amide bonds. The van der Waals surface area contributed by atoms with Crippen molar-refractivity contribution in [3.8, 4) is 0 Å². The number of nitrogens with zero attached hydrogens (tertiary/aromatic N) is 4. The smallest absolute Gasteiger partial charge is 0.225 e. The van der Waals surface area contributed by atoms with Crippen molar-refractivity contribution >= 4 is 39.0 Å². The van der Waals surface area contributed by atoms with Crippen molar-refractivity contribution in [3.63, 3.8) is 0 Å². The molecule has 2 fully saturated rings. The first kappa shape index (κ1) is 13.7. The fourth-order valence-electron chi connectivity index (χ4n) is 3.64. The predicted octanol–water partition coefficient (Wildman–Crippen LogP) is 3.33. The highest BCUT2D eigenvalue weighted by molar-refractivity contribution is 7.18. The zero-order valence-electron chi connectivity index (χ0n) is 12.2. The molecule has 4 heterocycles. The molecule has 6 heteroatoms. The summed E-state index contributed by atoms with van der Waals surface area (Å²) < 4.78 is 0. The molecule has 0 bridgehead atoms. The summed E-state index contributed by atoms with van der Waals surface area (Å²) in [6, 6.07) is 2.87. The molecule has 0 radical (unpaired) electrons. The normalized spacial score (nSPS) is 23.5. The van der Waals surface area contributed by atoms with Gasteiger partial charge in [0.15, 0.2) is 0 Å². The summed E-state index contributed by atoms with van der Waals surface area (Å²) in [6.07, 6.45) is 3.83. The standard InChI is InChI=1S/C15H19ClN4S/c1-10-8-12-13(17-15(16)18-14(12)21-10)20-7-3-6-19-5-2-4-11(19)9-20/h8,11H,2-7,9H2,1H3. The van der Waals surface area contributed by atoms with Crippen LogP contribution in [0, 0.1) is 6.92 Å². The van der Waals surface area contributed by atoms with Crippen molar-refractivity contribution in [2.24, 2.45) is 0 Å². The van der Waals surface area contributed by atoms with Crippen LogP contribution >= 0.6 is 22.9 Å². The van der Waals surface area contributed by atoms with E-state index < -0.39 is 0 Å². The lowest BCUT2D eigenvalue weighted by Crippen LogP contribution is -2.37. The van der Waals surface area contributed by atoms with E-state index >= 15 is 0 Å². The third-order valence-electron chi connectivity index (χ3n) is 4.57. The molecule has 0 aliphatic carbocycles. The Balaban J connectivity index is 1.74. The summed E-state index contributed by atoms with van der Waals surface area (Å²) in [7, 11) is 0. The van der Waals surface area contributed by atoms with Gasteiger partial charge in [-0.2, -0.15) is 4.98 Å². The van der Waals surface area contributed by atoms with Crippen molar-refractivity contribution < 1.29 is 0 Å². The van der Waals surface area contributed by atoms with Gasteiger partial charge in [0.05, 0.1) is 5.39 Å². The molecule has 4 rings (SSSR count). The fourth-order valence-corrected chi connectivity index (χ4v) is 4.73. The number of aromatic nitrogens is 2. The van der Waals surface area contributed by atoms with Gasteiger partial charge in [-0.05, 0) is 50.4 Å². The molecular weight excluding hydrogens is 304 g/mol. The van der Waals surface area contributed by atoms with E-state index in [-0.39, 0.29) is 0 Å². The summed E-state index contributed by atoms with van der Waals surface area (Å²) in [4.78, 5) is 16.3. The number of anilines is 1. The number of rotatable bonds is 1. The molecule has 0 N–H and O–H groups in total. The van der Waals surface area contributed by atoms with Gasteiger partial charge in [-0.15, -0.1) is 11.3 Å². The summed E-state index contributed by atoms with van der Waals surface area (Å²) >= 11 is 7.85. The van der Waals surface area contributed by atoms with E-state index in [4.69, 9.17) is 11.6 Å². The van der Waals surface area contributed by atoms with E-state index in [1.165, 1.54) is 37.2 Å². The Morgan fingerprint density at radius 2 is 2.10 bits per heavy atom. The molecule has 2 aromatic heterocycles. The van der Waals surface area contributed by atoms with Crippen molar-refractivity contribution in [1.82, 2.24) is 14.9 Å². The van der Waals surface area contributed by atoms with Crippen molar-refractivity contribution in [2.75, 3.05) is 31.1 Å². The maximum absolute atomic E-state index is 6.15. The second kappa shape index (κ2) is 5.38. The molecule has 2 aliphatic heterocycles. The molecule has 21 heavy (non-hydrogen) atoms. The van der Waals surface area contributed by atoms with Crippen molar-refractivity contribution in [3.05, 3.63) is 16.2 Å². The molecule has 0 spiro atoms. The predicted molar refractivity (Wildman–Crippen MR) is 88.6 cm³/mol. The van der Waals surface area contributed by atoms with Gasteiger partial charge in [-0.3, -0.25) is 4.90 Å². The molecule has 0 aromatic carbocycles. The minimum atomic E-state index is 0.367. The van der Waals surface area contributed by atoms with Crippen LogP contribution in [-0.2, 0) is 0 Å². The number of halogens is 1. The van der Waals surface area contributed by atoms with E-state index in [1.54, 1.807) is 11.3 Å². The van der Waals surface area contributed by atoms with Crippen LogP contribution in [0.25, 0.3) is 10.2 Å². The Labute approximate surface area is 133 Å². The molecule has 112 valence electrons. The van der Waals surface area contributed by atoms with Gasteiger partial charge in [0, 0.05) is 30.6 Å². The summed E-state index contributed by atoms with van der Waals surface area (Å²) in [5.41, 5.74) is 0. The quantitative estimate of drug-likeness (QED) is 0.754. The number of thiophene rings is 1. The first-order valence-electron chi connectivity index (χ1n) is 7.63. The minimum absolute atomic E-state index is 0.367. The SMILES string of the molecule is Cc1cc2c(N3CCCN4CCCC4C3)nc(Cl)nc2s1. The number of hydrogen-bond acceptors (Lipinski definition) is 5. The van der Waals surface area contributed by atoms with Crippen LogP contribution in [0.4, 0.5) is 5.82 Å². The van der Waals surface area contributed by atoms with Crippen LogP contribution in [0.2, 0.25) is 5.28 Å². The highest BCUT2D eigenvalue weighted by Crippen LogP contribution is 2.33. The fraction of sp³-hybridized carbons (Fsp3) is 0.600. The van der Waals surface area contributed by atoms with Crippen LogP contribution < -0.4 is 4.90 Å². The first-order chi connectivity index (χ1) is 10.2. The zero-order chi connectivity index (χ0) is 14.4. The van der Waals surface area contributed by atoms with Gasteiger partial charge < -0.3 is 4.90 Å². The van der Waals surface area contributed by atoms with E-state index in [0.29, 0.717) is 11.3 Å². The first-order valence-corrected chi connectivity index (χ1v) is 8.83. The Kier molecular flexibility index (Phi) is 3.52. The van der Waals surface area contributed by atoms with Gasteiger partial charge in [0.25, 0.3) is 0 Å². The van der Waals surface area contributed by atoms with Gasteiger partial charge >= 0.3 is 0 Å². The van der Waals surface area contributed by atoms with Gasteiger partial charge in [0.2, 0.25) is 5.28 Å². The highest BCUT2D eigenvalue weighted by Gasteiger charge is 2.30. The third kappa shape index (κ3) is 2.51. The van der Waals surface area contributed by atoms with Gasteiger partial charge in [0.1, 0.15) is 10.6 Å². The van der Waals surface area contributed by atoms with E-state index in [2.05, 4.69) is 32.8 Å². The average molecular weight is 323 g/mol. The number of hydrogen-bond donors (Lipinski definition) is 0. The lowest BCUT2D eigenvalue weighted by molar-refractivity contribution is 0.273. The monoisotopic (exact) mass is 322 g/mol. The van der Waals surface area contributed by atoms with Gasteiger partial charge in [-0.25, -0.2) is 4.98 Å². The topological polar surface area (TPSA) is 32.3 Å². The molecule has 1 unspecified atom stereocenters. The summed E-state index contributed by atoms with van der Waals surface area (Å²) in [5.74, 6) is 1.03. The highest BCUT2D eigenvalue weighted by atomic mass is 35.5. The van der Waals surface area contributed by atoms with Crippen LogP contribution in [0.15, 0.2) is 6.07 Å². The molecule has 2 saturated heterocycles. The van der Waals surface area contributed by atoms with E-state index in [1.807, 2.05) is 0 Å². The third-order valence-corrected chi connectivity index (χ3v) is 5.69. The van der Waals surface area contributed by atoms with Crippen molar-refractivity contribution in [1.29, 1.82) is 0 Å². The molecule has 0 saturated carbocycles. The lowest BCUT2D eigenvalue weighted by Gasteiger charge is -2.26. The molecule has 2 aliphatic rings. The van der Waals surface area contributed by atoms with E-state index in [0.717, 1.165) is 29.1 Å². The minimum Gasteiger partial charge on any atom is -0.354 e. The Morgan fingerprint density at radius 1 is 1.24 bits per heavy atom. The molecule has 1 atom stereocenters. The van der Waals surface area contributed by atoms with Crippen LogP contribution in [0.5, 0.6) is 0 Å². The van der Waals surface area contributed by atoms with Crippen LogP contribution in [0.3, 0.4) is 0 Å². The van der Waals surface area contributed by atoms with Crippen LogP contribution in [-0.4, -0.2) is 47.1 Å².